The lowest BCUT2D eigenvalue weighted by atomic mass is 9.64. The molecule has 1 fully saturated rings. The number of hydrogen-bond acceptors (Lipinski definition) is 6. The zero-order valence-corrected chi connectivity index (χ0v) is 23.5. The van der Waals surface area contributed by atoms with E-state index in [1.54, 1.807) is 55.8 Å². The average molecular weight is 556 g/mol. The zero-order valence-electron chi connectivity index (χ0n) is 23.5. The first-order chi connectivity index (χ1) is 20.4. The van der Waals surface area contributed by atoms with Gasteiger partial charge in [0.05, 0.1) is 19.1 Å². The molecule has 3 aliphatic rings. The van der Waals surface area contributed by atoms with E-state index < -0.39 is 23.4 Å². The number of ether oxygens (including phenoxy) is 1. The summed E-state index contributed by atoms with van der Waals surface area (Å²) >= 11 is 0. The van der Waals surface area contributed by atoms with Crippen LogP contribution < -0.4 is 15.0 Å². The largest absolute Gasteiger partial charge is 0.497 e. The Morgan fingerprint density at radius 1 is 0.929 bits per heavy atom. The average Bonchev–Trinajstić information content (AvgIpc) is 3.49. The number of rotatable bonds is 5. The molecule has 1 aromatic heterocycles. The number of amides is 1. The highest BCUT2D eigenvalue weighted by atomic mass is 16.5. The molecular formula is C35H29N3O4. The third-order valence-corrected chi connectivity index (χ3v) is 8.95. The molecule has 0 bridgehead atoms. The van der Waals surface area contributed by atoms with Gasteiger partial charge in [-0.3, -0.25) is 19.4 Å². The van der Waals surface area contributed by atoms with Gasteiger partial charge in [-0.25, -0.2) is 0 Å². The summed E-state index contributed by atoms with van der Waals surface area (Å²) in [6, 6.07) is 24.1. The van der Waals surface area contributed by atoms with Gasteiger partial charge in [0.15, 0.2) is 11.6 Å². The van der Waals surface area contributed by atoms with Gasteiger partial charge < -0.3 is 15.0 Å². The van der Waals surface area contributed by atoms with Crippen molar-refractivity contribution in [3.8, 4) is 5.75 Å². The lowest BCUT2D eigenvalue weighted by Crippen LogP contribution is -2.51. The van der Waals surface area contributed by atoms with Crippen LogP contribution in [0, 0.1) is 12.8 Å². The zero-order chi connectivity index (χ0) is 29.2. The van der Waals surface area contributed by atoms with Gasteiger partial charge >= 0.3 is 0 Å². The van der Waals surface area contributed by atoms with E-state index in [2.05, 4.69) is 22.4 Å². The molecule has 4 heterocycles. The lowest BCUT2D eigenvalue weighted by molar-refractivity contribution is -0.121. The quantitative estimate of drug-likeness (QED) is 0.321. The molecular weight excluding hydrogens is 526 g/mol. The molecule has 208 valence electrons. The monoisotopic (exact) mass is 555 g/mol. The minimum absolute atomic E-state index is 0.215. The maximum Gasteiger partial charge on any atom is 0.238 e. The van der Waals surface area contributed by atoms with Crippen LogP contribution in [0.4, 0.5) is 11.4 Å². The Kier molecular flexibility index (Phi) is 5.87. The van der Waals surface area contributed by atoms with E-state index in [4.69, 9.17) is 4.74 Å². The summed E-state index contributed by atoms with van der Waals surface area (Å²) in [5.74, 6) is -1.45. The van der Waals surface area contributed by atoms with Crippen molar-refractivity contribution in [2.24, 2.45) is 5.92 Å². The number of Topliss-reactive ketones (excluding diaryl/α,β-unsaturated/α-hetero) is 2. The Balaban J connectivity index is 1.56. The maximum atomic E-state index is 14.8. The number of aryl methyl sites for hydroxylation is 1. The molecule has 0 saturated carbocycles. The fourth-order valence-corrected chi connectivity index (χ4v) is 7.16. The van der Waals surface area contributed by atoms with E-state index in [1.807, 2.05) is 55.1 Å². The van der Waals surface area contributed by atoms with Crippen molar-refractivity contribution in [2.45, 2.75) is 31.3 Å². The van der Waals surface area contributed by atoms with E-state index in [0.29, 0.717) is 22.6 Å². The predicted octanol–water partition coefficient (Wildman–Crippen LogP) is 5.64. The van der Waals surface area contributed by atoms with Crippen LogP contribution in [0.25, 0.3) is 5.57 Å². The van der Waals surface area contributed by atoms with Crippen LogP contribution in [-0.4, -0.2) is 41.7 Å². The van der Waals surface area contributed by atoms with Crippen LogP contribution in [0.5, 0.6) is 5.75 Å². The van der Waals surface area contributed by atoms with Gasteiger partial charge in [0.25, 0.3) is 0 Å². The number of nitrogens with one attached hydrogen (secondary N) is 1. The first-order valence-electron chi connectivity index (χ1n) is 14.0. The number of fused-ring (bicyclic) bond motifs is 6. The Labute approximate surface area is 243 Å². The molecule has 0 radical (unpaired) electrons. The van der Waals surface area contributed by atoms with Crippen molar-refractivity contribution in [1.82, 2.24) is 4.98 Å². The number of hydrogen-bond donors (Lipinski definition) is 1. The summed E-state index contributed by atoms with van der Waals surface area (Å²) in [5, 5.41) is 3.07. The molecule has 3 aromatic carbocycles. The van der Waals surface area contributed by atoms with Gasteiger partial charge in [-0.2, -0.15) is 0 Å². The van der Waals surface area contributed by atoms with E-state index in [9.17, 15) is 14.4 Å². The third kappa shape index (κ3) is 3.52. The van der Waals surface area contributed by atoms with Gasteiger partial charge in [0, 0.05) is 28.7 Å². The van der Waals surface area contributed by atoms with Gasteiger partial charge in [0.1, 0.15) is 22.9 Å². The van der Waals surface area contributed by atoms with Crippen LogP contribution in [0.15, 0.2) is 97.2 Å². The molecule has 4 atom stereocenters. The molecule has 3 aliphatic heterocycles. The molecule has 42 heavy (non-hydrogen) atoms. The molecule has 4 aromatic rings. The summed E-state index contributed by atoms with van der Waals surface area (Å²) in [4.78, 5) is 50.4. The van der Waals surface area contributed by atoms with Crippen molar-refractivity contribution < 1.29 is 19.1 Å². The lowest BCUT2D eigenvalue weighted by Gasteiger charge is -2.39. The second kappa shape index (κ2) is 9.52. The fraction of sp³-hybridized carbons (Fsp3) is 0.200. The van der Waals surface area contributed by atoms with Crippen molar-refractivity contribution in [1.29, 1.82) is 0 Å². The molecule has 7 nitrogen and oxygen atoms in total. The molecule has 7 heteroatoms. The number of methoxy groups -OCH3 is 1. The van der Waals surface area contributed by atoms with Crippen LogP contribution in [0.1, 0.15) is 44.5 Å². The minimum atomic E-state index is -1.38. The van der Waals surface area contributed by atoms with Crippen LogP contribution in [-0.2, 0) is 10.2 Å². The number of anilines is 2. The normalized spacial score (nSPS) is 23.5. The highest BCUT2D eigenvalue weighted by Crippen LogP contribution is 2.58. The standard InChI is InChI=1S/C35H29N3O4/c1-20-14-15-28-24(17-20)21(2)18-29-35(25-11-4-5-12-26(25)37-34(35)41)30(33(40)27-13-6-7-16-36-27)31(38(28)29)32(39)22-9-8-10-23(19-22)42-3/h4-19,29-31H,1-3H3,(H,37,41)/t29-,30-,31+,35+/m1/s1. The molecule has 0 aliphatic carbocycles. The molecule has 1 N–H and O–H groups in total. The minimum Gasteiger partial charge on any atom is -0.497 e. The molecule has 1 saturated heterocycles. The number of allylic oxidation sites excluding steroid dienone is 1. The van der Waals surface area contributed by atoms with E-state index >= 15 is 0 Å². The molecule has 7 rings (SSSR count). The molecule has 1 spiro atoms. The Morgan fingerprint density at radius 3 is 2.52 bits per heavy atom. The summed E-state index contributed by atoms with van der Waals surface area (Å²) in [5.41, 5.74) is 4.46. The summed E-state index contributed by atoms with van der Waals surface area (Å²) in [6.45, 7) is 4.05. The number of nitrogens with zero attached hydrogens (tertiary/aromatic N) is 2. The number of ketones is 2. The molecule has 0 unspecified atom stereocenters. The second-order valence-electron chi connectivity index (χ2n) is 11.2. The third-order valence-electron chi connectivity index (χ3n) is 8.95. The smallest absolute Gasteiger partial charge is 0.238 e. The number of aromatic nitrogens is 1. The van der Waals surface area contributed by atoms with Crippen molar-refractivity contribution in [3.05, 3.63) is 125 Å². The topological polar surface area (TPSA) is 88.6 Å². The number of benzene rings is 3. The Bertz CT molecular complexity index is 1810. The summed E-state index contributed by atoms with van der Waals surface area (Å²) < 4.78 is 5.44. The Hall–Kier alpha value is -5.04. The highest BCUT2D eigenvalue weighted by Gasteiger charge is 2.70. The first-order valence-corrected chi connectivity index (χ1v) is 14.0. The van der Waals surface area contributed by atoms with Crippen molar-refractivity contribution in [3.63, 3.8) is 0 Å². The number of pyridine rings is 1. The van der Waals surface area contributed by atoms with Gasteiger partial charge in [-0.1, -0.05) is 54.1 Å². The highest BCUT2D eigenvalue weighted by molar-refractivity contribution is 6.18. The SMILES string of the molecule is COc1cccc(C(=O)[C@@H]2[C@H](C(=O)c3ccccn3)[C@@]3(C(=O)Nc4ccccc43)[C@H]3C=C(C)c4cc(C)ccc4N23)c1. The summed E-state index contributed by atoms with van der Waals surface area (Å²) in [6.07, 6.45) is 3.62. The van der Waals surface area contributed by atoms with E-state index in [1.165, 1.54) is 0 Å². The molecule has 1 amide bonds. The first kappa shape index (κ1) is 25.9. The summed E-state index contributed by atoms with van der Waals surface area (Å²) in [7, 11) is 1.55. The van der Waals surface area contributed by atoms with Crippen LogP contribution >= 0.6 is 0 Å². The van der Waals surface area contributed by atoms with Gasteiger partial charge in [0.2, 0.25) is 5.91 Å². The number of para-hydroxylation sites is 1. The van der Waals surface area contributed by atoms with Crippen LogP contribution in [0.2, 0.25) is 0 Å². The Morgan fingerprint density at radius 2 is 1.74 bits per heavy atom. The number of carbonyl (C=O) groups is 3. The van der Waals surface area contributed by atoms with Crippen LogP contribution in [0.3, 0.4) is 0 Å². The van der Waals surface area contributed by atoms with Crippen molar-refractivity contribution in [2.75, 3.05) is 17.3 Å². The van der Waals surface area contributed by atoms with Gasteiger partial charge in [-0.15, -0.1) is 0 Å². The van der Waals surface area contributed by atoms with E-state index in [0.717, 1.165) is 22.4 Å². The van der Waals surface area contributed by atoms with Crippen molar-refractivity contribution >= 4 is 34.4 Å². The van der Waals surface area contributed by atoms with E-state index in [-0.39, 0.29) is 23.2 Å². The fourth-order valence-electron chi connectivity index (χ4n) is 7.16. The second-order valence-corrected chi connectivity index (χ2v) is 11.2. The maximum absolute atomic E-state index is 14.8. The predicted molar refractivity (Wildman–Crippen MR) is 161 cm³/mol. The number of carbonyl (C=O) groups excluding carboxylic acids is 3. The van der Waals surface area contributed by atoms with Gasteiger partial charge in [-0.05, 0) is 67.4 Å².